The van der Waals surface area contributed by atoms with Crippen LogP contribution in [0.15, 0.2) is 24.3 Å². The molecule has 1 atom stereocenters. The highest BCUT2D eigenvalue weighted by Gasteiger charge is 2.30. The fraction of sp³-hybridized carbons (Fsp3) is 0.529. The number of amides is 1. The number of rotatable bonds is 8. The summed E-state index contributed by atoms with van der Waals surface area (Å²) in [4.78, 5) is 17.8. The Balaban J connectivity index is 2.87. The van der Waals surface area contributed by atoms with Crippen LogP contribution in [-0.4, -0.2) is 23.9 Å². The van der Waals surface area contributed by atoms with Gasteiger partial charge in [-0.15, -0.1) is 0 Å². The summed E-state index contributed by atoms with van der Waals surface area (Å²) in [6.07, 6.45) is 3.89. The standard InChI is InChI=1S/C17H23FN2O/c1-4-6-12-20(13-7-5-2)17(21)16(19-3)14-8-10-15(18)11-9-14/h8-11,16H,4-7,12-13H2,1-2H3. The third kappa shape index (κ3) is 5.18. The van der Waals surface area contributed by atoms with E-state index in [1.165, 1.54) is 24.3 Å². The van der Waals surface area contributed by atoms with Crippen molar-refractivity contribution in [2.45, 2.75) is 45.6 Å². The third-order valence-electron chi connectivity index (χ3n) is 3.42. The van der Waals surface area contributed by atoms with Crippen LogP contribution in [0.25, 0.3) is 4.85 Å². The van der Waals surface area contributed by atoms with Gasteiger partial charge >= 0.3 is 11.9 Å². The average Bonchev–Trinajstić information content (AvgIpc) is 2.50. The van der Waals surface area contributed by atoms with E-state index in [1.54, 1.807) is 4.90 Å². The summed E-state index contributed by atoms with van der Waals surface area (Å²) in [6, 6.07) is 4.77. The van der Waals surface area contributed by atoms with Crippen LogP contribution in [0, 0.1) is 12.4 Å². The van der Waals surface area contributed by atoms with Crippen molar-refractivity contribution in [3.05, 3.63) is 47.1 Å². The van der Waals surface area contributed by atoms with Crippen LogP contribution in [0.5, 0.6) is 0 Å². The van der Waals surface area contributed by atoms with Crippen molar-refractivity contribution in [3.8, 4) is 0 Å². The second-order valence-corrected chi connectivity index (χ2v) is 5.12. The molecule has 21 heavy (non-hydrogen) atoms. The molecule has 3 nitrogen and oxygen atoms in total. The summed E-state index contributed by atoms with van der Waals surface area (Å²) < 4.78 is 13.0. The first-order chi connectivity index (χ1) is 10.1. The lowest BCUT2D eigenvalue weighted by Crippen LogP contribution is -2.35. The molecular formula is C17H23FN2O. The lowest BCUT2D eigenvalue weighted by molar-refractivity contribution is -0.132. The minimum absolute atomic E-state index is 0.168. The first-order valence-electron chi connectivity index (χ1n) is 7.54. The molecule has 0 aliphatic rings. The maximum atomic E-state index is 13.0. The van der Waals surface area contributed by atoms with Crippen LogP contribution in [-0.2, 0) is 4.79 Å². The van der Waals surface area contributed by atoms with Gasteiger partial charge in [0.15, 0.2) is 0 Å². The Hall–Kier alpha value is -1.89. The topological polar surface area (TPSA) is 24.7 Å². The number of hydrogen-bond donors (Lipinski definition) is 0. The van der Waals surface area contributed by atoms with E-state index in [-0.39, 0.29) is 11.7 Å². The molecule has 1 aromatic carbocycles. The SMILES string of the molecule is [C-]#[N+]C(C(=O)N(CCCC)CCCC)c1ccc(F)cc1. The van der Waals surface area contributed by atoms with E-state index in [2.05, 4.69) is 18.7 Å². The second-order valence-electron chi connectivity index (χ2n) is 5.12. The largest absolute Gasteiger partial charge is 0.336 e. The van der Waals surface area contributed by atoms with Crippen molar-refractivity contribution >= 4 is 5.91 Å². The molecule has 4 heteroatoms. The van der Waals surface area contributed by atoms with Gasteiger partial charge in [0.2, 0.25) is 0 Å². The molecule has 0 aliphatic carbocycles. The van der Waals surface area contributed by atoms with Gasteiger partial charge in [-0.1, -0.05) is 26.7 Å². The molecule has 0 aliphatic heterocycles. The van der Waals surface area contributed by atoms with Crippen molar-refractivity contribution in [2.75, 3.05) is 13.1 Å². The van der Waals surface area contributed by atoms with Gasteiger partial charge in [-0.3, -0.25) is 9.64 Å². The smallest absolute Gasteiger partial charge is 0.325 e. The quantitative estimate of drug-likeness (QED) is 0.658. The van der Waals surface area contributed by atoms with E-state index in [0.29, 0.717) is 18.7 Å². The highest BCUT2D eigenvalue weighted by Crippen LogP contribution is 2.21. The van der Waals surface area contributed by atoms with Gasteiger partial charge in [-0.05, 0) is 37.1 Å². The van der Waals surface area contributed by atoms with Gasteiger partial charge in [0, 0.05) is 18.7 Å². The molecule has 0 aromatic heterocycles. The van der Waals surface area contributed by atoms with Gasteiger partial charge in [0.25, 0.3) is 0 Å². The molecule has 1 amide bonds. The molecule has 1 aromatic rings. The van der Waals surface area contributed by atoms with Crippen molar-refractivity contribution in [2.24, 2.45) is 0 Å². The highest BCUT2D eigenvalue weighted by atomic mass is 19.1. The maximum Gasteiger partial charge on any atom is 0.325 e. The summed E-state index contributed by atoms with van der Waals surface area (Å²) in [7, 11) is 0. The zero-order valence-corrected chi connectivity index (χ0v) is 12.8. The molecule has 114 valence electrons. The Bertz CT molecular complexity index is 471. The van der Waals surface area contributed by atoms with E-state index in [0.717, 1.165) is 25.7 Å². The van der Waals surface area contributed by atoms with Crippen molar-refractivity contribution in [1.29, 1.82) is 0 Å². The number of halogens is 1. The third-order valence-corrected chi connectivity index (χ3v) is 3.42. The van der Waals surface area contributed by atoms with E-state index in [9.17, 15) is 9.18 Å². The molecule has 0 saturated carbocycles. The lowest BCUT2D eigenvalue weighted by Gasteiger charge is -2.22. The van der Waals surface area contributed by atoms with Crippen LogP contribution < -0.4 is 0 Å². The lowest BCUT2D eigenvalue weighted by atomic mass is 10.1. The van der Waals surface area contributed by atoms with Crippen molar-refractivity contribution in [1.82, 2.24) is 4.90 Å². The Labute approximate surface area is 126 Å². The first kappa shape index (κ1) is 17.2. The Morgan fingerprint density at radius 1 is 1.19 bits per heavy atom. The molecule has 0 spiro atoms. The number of nitrogens with zero attached hydrogens (tertiary/aromatic N) is 2. The fourth-order valence-electron chi connectivity index (χ4n) is 2.12. The Morgan fingerprint density at radius 2 is 1.71 bits per heavy atom. The molecule has 0 N–H and O–H groups in total. The fourth-order valence-corrected chi connectivity index (χ4v) is 2.12. The zero-order valence-electron chi connectivity index (χ0n) is 12.8. The molecule has 0 bridgehead atoms. The van der Waals surface area contributed by atoms with Crippen LogP contribution in [0.1, 0.15) is 51.1 Å². The van der Waals surface area contributed by atoms with E-state index in [4.69, 9.17) is 6.57 Å². The summed E-state index contributed by atoms with van der Waals surface area (Å²) in [5, 5.41) is 0. The van der Waals surface area contributed by atoms with Gasteiger partial charge in [0.05, 0.1) is 0 Å². The maximum absolute atomic E-state index is 13.0. The van der Waals surface area contributed by atoms with Gasteiger partial charge < -0.3 is 4.90 Å². The van der Waals surface area contributed by atoms with Gasteiger partial charge in [-0.2, -0.15) is 0 Å². The zero-order chi connectivity index (χ0) is 15.7. The molecule has 0 radical (unpaired) electrons. The monoisotopic (exact) mass is 290 g/mol. The second kappa shape index (κ2) is 9.12. The summed E-state index contributed by atoms with van der Waals surface area (Å²) in [6.45, 7) is 12.8. The minimum Gasteiger partial charge on any atom is -0.336 e. The number of hydrogen-bond acceptors (Lipinski definition) is 1. The first-order valence-corrected chi connectivity index (χ1v) is 7.54. The number of carbonyl (C=O) groups excluding carboxylic acids is 1. The van der Waals surface area contributed by atoms with E-state index < -0.39 is 6.04 Å². The van der Waals surface area contributed by atoms with E-state index in [1.807, 2.05) is 0 Å². The van der Waals surface area contributed by atoms with Crippen LogP contribution in [0.2, 0.25) is 0 Å². The molecule has 0 fully saturated rings. The van der Waals surface area contributed by atoms with Crippen molar-refractivity contribution in [3.63, 3.8) is 0 Å². The van der Waals surface area contributed by atoms with Gasteiger partial charge in [-0.25, -0.2) is 11.0 Å². The normalized spacial score (nSPS) is 11.7. The summed E-state index contributed by atoms with van der Waals surface area (Å²) in [5.74, 6) is -0.526. The summed E-state index contributed by atoms with van der Waals surface area (Å²) in [5.41, 5.74) is 0.564. The van der Waals surface area contributed by atoms with Gasteiger partial charge in [0.1, 0.15) is 5.82 Å². The van der Waals surface area contributed by atoms with Crippen LogP contribution in [0.3, 0.4) is 0 Å². The number of carbonyl (C=O) groups is 1. The molecular weight excluding hydrogens is 267 g/mol. The molecule has 0 heterocycles. The van der Waals surface area contributed by atoms with Crippen molar-refractivity contribution < 1.29 is 9.18 Å². The minimum atomic E-state index is -0.862. The van der Waals surface area contributed by atoms with E-state index >= 15 is 0 Å². The average molecular weight is 290 g/mol. The predicted molar refractivity (Wildman–Crippen MR) is 82.1 cm³/mol. The summed E-state index contributed by atoms with van der Waals surface area (Å²) >= 11 is 0. The number of benzene rings is 1. The number of unbranched alkanes of at least 4 members (excludes halogenated alkanes) is 2. The molecule has 0 saturated heterocycles. The highest BCUT2D eigenvalue weighted by molar-refractivity contribution is 5.85. The van der Waals surface area contributed by atoms with Crippen LogP contribution >= 0.6 is 0 Å². The molecule has 1 unspecified atom stereocenters. The van der Waals surface area contributed by atoms with Crippen LogP contribution in [0.4, 0.5) is 4.39 Å². The predicted octanol–water partition coefficient (Wildman–Crippen LogP) is 4.21. The molecule has 1 rings (SSSR count). The Kier molecular flexibility index (Phi) is 7.45. The Morgan fingerprint density at radius 3 is 2.14 bits per heavy atom.